The summed E-state index contributed by atoms with van der Waals surface area (Å²) in [6, 6.07) is 8.84. The SMILES string of the molecule is C1=C(c2cccc3sccc23)CCNC1.Cl. The van der Waals surface area contributed by atoms with Gasteiger partial charge in [0.25, 0.3) is 0 Å². The van der Waals surface area contributed by atoms with Crippen LogP contribution in [0.25, 0.3) is 15.7 Å². The molecule has 0 atom stereocenters. The highest BCUT2D eigenvalue weighted by atomic mass is 35.5. The van der Waals surface area contributed by atoms with Crippen molar-refractivity contribution >= 4 is 39.4 Å². The van der Waals surface area contributed by atoms with Crippen LogP contribution < -0.4 is 5.32 Å². The van der Waals surface area contributed by atoms with Crippen molar-refractivity contribution in [3.8, 4) is 0 Å². The summed E-state index contributed by atoms with van der Waals surface area (Å²) in [5.41, 5.74) is 2.92. The van der Waals surface area contributed by atoms with E-state index in [2.05, 4.69) is 41.0 Å². The van der Waals surface area contributed by atoms with E-state index in [0.29, 0.717) is 0 Å². The maximum atomic E-state index is 3.35. The van der Waals surface area contributed by atoms with Gasteiger partial charge in [0, 0.05) is 11.2 Å². The second-order valence-electron chi connectivity index (χ2n) is 3.82. The van der Waals surface area contributed by atoms with Crippen LogP contribution in [0, 0.1) is 0 Å². The zero-order chi connectivity index (χ0) is 10.1. The third-order valence-corrected chi connectivity index (χ3v) is 3.79. The molecule has 3 heteroatoms. The summed E-state index contributed by atoms with van der Waals surface area (Å²) < 4.78 is 1.40. The normalized spacial score (nSPS) is 15.6. The fraction of sp³-hybridized carbons (Fsp3) is 0.231. The average Bonchev–Trinajstić information content (AvgIpc) is 2.78. The number of nitrogens with one attached hydrogen (secondary N) is 1. The van der Waals surface area contributed by atoms with Crippen LogP contribution in [0.5, 0.6) is 0 Å². The number of hydrogen-bond donors (Lipinski definition) is 1. The van der Waals surface area contributed by atoms with Gasteiger partial charge >= 0.3 is 0 Å². The summed E-state index contributed by atoms with van der Waals surface area (Å²) in [5, 5.41) is 6.94. The highest BCUT2D eigenvalue weighted by molar-refractivity contribution is 7.17. The van der Waals surface area contributed by atoms with Crippen molar-refractivity contribution in [2.24, 2.45) is 0 Å². The van der Waals surface area contributed by atoms with Crippen molar-refractivity contribution in [2.45, 2.75) is 6.42 Å². The predicted octanol–water partition coefficient (Wildman–Crippen LogP) is 3.70. The van der Waals surface area contributed by atoms with E-state index >= 15 is 0 Å². The zero-order valence-electron chi connectivity index (χ0n) is 8.90. The van der Waals surface area contributed by atoms with Crippen LogP contribution in [0.2, 0.25) is 0 Å². The Labute approximate surface area is 106 Å². The van der Waals surface area contributed by atoms with Gasteiger partial charge < -0.3 is 5.32 Å². The van der Waals surface area contributed by atoms with Crippen molar-refractivity contribution in [3.63, 3.8) is 0 Å². The quantitative estimate of drug-likeness (QED) is 0.815. The van der Waals surface area contributed by atoms with Crippen LogP contribution in [0.1, 0.15) is 12.0 Å². The smallest absolute Gasteiger partial charge is 0.0348 e. The first-order valence-corrected chi connectivity index (χ1v) is 6.19. The summed E-state index contributed by atoms with van der Waals surface area (Å²) in [6.45, 7) is 2.11. The number of thiophene rings is 1. The maximum Gasteiger partial charge on any atom is 0.0348 e. The average molecular weight is 252 g/mol. The number of fused-ring (bicyclic) bond motifs is 1. The Kier molecular flexibility index (Phi) is 3.64. The van der Waals surface area contributed by atoms with Crippen molar-refractivity contribution in [1.29, 1.82) is 0 Å². The van der Waals surface area contributed by atoms with Crippen molar-refractivity contribution < 1.29 is 0 Å². The Balaban J connectivity index is 0.000000963. The Hall–Kier alpha value is -0.830. The number of hydrogen-bond acceptors (Lipinski definition) is 2. The van der Waals surface area contributed by atoms with Crippen LogP contribution in [-0.4, -0.2) is 13.1 Å². The first-order chi connectivity index (χ1) is 7.45. The molecule has 1 aromatic heterocycles. The molecule has 2 aromatic rings. The van der Waals surface area contributed by atoms with Crippen LogP contribution in [0.15, 0.2) is 35.7 Å². The Bertz CT molecular complexity index is 515. The molecule has 16 heavy (non-hydrogen) atoms. The fourth-order valence-electron chi connectivity index (χ4n) is 2.14. The van der Waals surface area contributed by atoms with E-state index < -0.39 is 0 Å². The number of halogens is 1. The molecule has 0 spiro atoms. The molecule has 0 aliphatic carbocycles. The van der Waals surface area contributed by atoms with Gasteiger partial charge in [-0.3, -0.25) is 0 Å². The van der Waals surface area contributed by atoms with Crippen molar-refractivity contribution in [1.82, 2.24) is 5.32 Å². The molecule has 1 aromatic carbocycles. The van der Waals surface area contributed by atoms with Crippen molar-refractivity contribution in [2.75, 3.05) is 13.1 Å². The van der Waals surface area contributed by atoms with E-state index in [1.165, 1.54) is 21.2 Å². The van der Waals surface area contributed by atoms with Gasteiger partial charge in [-0.2, -0.15) is 0 Å². The van der Waals surface area contributed by atoms with Crippen LogP contribution in [0.4, 0.5) is 0 Å². The van der Waals surface area contributed by atoms with Crippen molar-refractivity contribution in [3.05, 3.63) is 41.3 Å². The first-order valence-electron chi connectivity index (χ1n) is 5.31. The van der Waals surface area contributed by atoms with Gasteiger partial charge in [-0.05, 0) is 47.0 Å². The molecular formula is C13H14ClNS. The summed E-state index contributed by atoms with van der Waals surface area (Å²) in [7, 11) is 0. The van der Waals surface area contributed by atoms with E-state index in [1.54, 1.807) is 0 Å². The fourth-order valence-corrected chi connectivity index (χ4v) is 2.95. The zero-order valence-corrected chi connectivity index (χ0v) is 10.5. The lowest BCUT2D eigenvalue weighted by atomic mass is 9.97. The van der Waals surface area contributed by atoms with Gasteiger partial charge in [0.2, 0.25) is 0 Å². The van der Waals surface area contributed by atoms with Gasteiger partial charge in [-0.25, -0.2) is 0 Å². The Morgan fingerprint density at radius 2 is 2.12 bits per heavy atom. The van der Waals surface area contributed by atoms with E-state index in [0.717, 1.165) is 19.5 Å². The Morgan fingerprint density at radius 1 is 1.19 bits per heavy atom. The Morgan fingerprint density at radius 3 is 2.94 bits per heavy atom. The van der Waals surface area contributed by atoms with Gasteiger partial charge in [-0.15, -0.1) is 23.7 Å². The standard InChI is InChI=1S/C13H13NS.ClH/c1-2-11(10-4-7-14-8-5-10)12-6-9-15-13(12)3-1;/h1-4,6,9,14H,5,7-8H2;1H. The molecule has 2 heterocycles. The minimum Gasteiger partial charge on any atom is -0.313 e. The lowest BCUT2D eigenvalue weighted by molar-refractivity contribution is 0.739. The second kappa shape index (κ2) is 5.00. The second-order valence-corrected chi connectivity index (χ2v) is 4.77. The molecule has 0 radical (unpaired) electrons. The van der Waals surface area contributed by atoms with E-state index in [4.69, 9.17) is 0 Å². The van der Waals surface area contributed by atoms with E-state index in [9.17, 15) is 0 Å². The van der Waals surface area contributed by atoms with Gasteiger partial charge in [-0.1, -0.05) is 18.2 Å². The van der Waals surface area contributed by atoms with Gasteiger partial charge in [0.05, 0.1) is 0 Å². The minimum atomic E-state index is 0. The highest BCUT2D eigenvalue weighted by Crippen LogP contribution is 2.30. The molecule has 3 rings (SSSR count). The van der Waals surface area contributed by atoms with Crippen LogP contribution in [-0.2, 0) is 0 Å². The molecular weight excluding hydrogens is 238 g/mol. The summed E-state index contributed by atoms with van der Waals surface area (Å²) in [4.78, 5) is 0. The van der Waals surface area contributed by atoms with Gasteiger partial charge in [0.15, 0.2) is 0 Å². The molecule has 0 amide bonds. The molecule has 0 bridgehead atoms. The summed E-state index contributed by atoms with van der Waals surface area (Å²) in [5.74, 6) is 0. The highest BCUT2D eigenvalue weighted by Gasteiger charge is 2.09. The molecule has 0 unspecified atom stereocenters. The maximum absolute atomic E-state index is 3.35. The van der Waals surface area contributed by atoms with E-state index in [-0.39, 0.29) is 12.4 Å². The molecule has 84 valence electrons. The topological polar surface area (TPSA) is 12.0 Å². The molecule has 1 aliphatic rings. The first kappa shape index (κ1) is 11.6. The predicted molar refractivity (Wildman–Crippen MR) is 74.5 cm³/mol. The van der Waals surface area contributed by atoms with Gasteiger partial charge in [0.1, 0.15) is 0 Å². The molecule has 1 aliphatic heterocycles. The largest absolute Gasteiger partial charge is 0.313 e. The van der Waals surface area contributed by atoms with E-state index in [1.807, 2.05) is 11.3 Å². The number of rotatable bonds is 1. The number of benzene rings is 1. The molecule has 0 saturated heterocycles. The minimum absolute atomic E-state index is 0. The molecule has 0 saturated carbocycles. The monoisotopic (exact) mass is 251 g/mol. The lowest BCUT2D eigenvalue weighted by Crippen LogP contribution is -2.20. The molecule has 1 nitrogen and oxygen atoms in total. The summed E-state index contributed by atoms with van der Waals surface area (Å²) >= 11 is 1.82. The lowest BCUT2D eigenvalue weighted by Gasteiger charge is -2.14. The molecule has 0 fully saturated rings. The van der Waals surface area contributed by atoms with Crippen LogP contribution >= 0.6 is 23.7 Å². The van der Waals surface area contributed by atoms with Crippen LogP contribution in [0.3, 0.4) is 0 Å². The molecule has 1 N–H and O–H groups in total. The third-order valence-electron chi connectivity index (χ3n) is 2.91. The summed E-state index contributed by atoms with van der Waals surface area (Å²) in [6.07, 6.45) is 3.46. The third kappa shape index (κ3) is 2.01.